The molecule has 0 saturated heterocycles. The van der Waals surface area contributed by atoms with Gasteiger partial charge < -0.3 is 4.74 Å². The number of esters is 1. The number of ether oxygens (including phenoxy) is 1. The molecule has 0 fully saturated rings. The summed E-state index contributed by atoms with van der Waals surface area (Å²) in [6.07, 6.45) is 0. The van der Waals surface area contributed by atoms with Crippen molar-refractivity contribution in [3.8, 4) is 0 Å². The predicted molar refractivity (Wildman–Crippen MR) is 98.9 cm³/mol. The summed E-state index contributed by atoms with van der Waals surface area (Å²) in [6.45, 7) is 5.71. The number of nitrogens with zero attached hydrogens (tertiary/aromatic N) is 4. The summed E-state index contributed by atoms with van der Waals surface area (Å²) in [5.74, 6) is -0.571. The van der Waals surface area contributed by atoms with Gasteiger partial charge in [0.1, 0.15) is 9.71 Å². The topological polar surface area (TPSA) is 77.3 Å². The van der Waals surface area contributed by atoms with Crippen molar-refractivity contribution < 1.29 is 14.3 Å². The van der Waals surface area contributed by atoms with Crippen LogP contribution in [-0.2, 0) is 11.8 Å². The summed E-state index contributed by atoms with van der Waals surface area (Å²) >= 11 is 2.56. The van der Waals surface area contributed by atoms with E-state index in [0.29, 0.717) is 27.2 Å². The van der Waals surface area contributed by atoms with Gasteiger partial charge in [-0.25, -0.2) is 9.78 Å². The number of rotatable bonds is 4. The largest absolute Gasteiger partial charge is 0.462 e. The lowest BCUT2D eigenvalue weighted by Crippen LogP contribution is -2.25. The van der Waals surface area contributed by atoms with Crippen molar-refractivity contribution in [2.24, 2.45) is 7.05 Å². The highest BCUT2D eigenvalue weighted by atomic mass is 32.1. The number of carbonyl (C=O) groups excluding carboxylic acids is 2. The molecule has 0 N–H and O–H groups in total. The second kappa shape index (κ2) is 6.57. The lowest BCUT2D eigenvalue weighted by molar-refractivity contribution is 0.0531. The van der Waals surface area contributed by atoms with Gasteiger partial charge in [0, 0.05) is 19.5 Å². The number of aromatic nitrogens is 3. The molecular formula is C16H18N4O3S2. The minimum absolute atomic E-state index is 0.162. The first kappa shape index (κ1) is 17.6. The summed E-state index contributed by atoms with van der Waals surface area (Å²) in [6, 6.07) is 1.86. The Balaban J connectivity index is 1.90. The molecule has 9 heteroatoms. The molecule has 0 aliphatic rings. The van der Waals surface area contributed by atoms with Crippen LogP contribution in [0, 0.1) is 13.8 Å². The SMILES string of the molecule is CCOC(=O)c1sc(N(C)C(=O)c2cc3c(C)nn(C)c3s2)nc1C. The van der Waals surface area contributed by atoms with E-state index < -0.39 is 5.97 Å². The van der Waals surface area contributed by atoms with Crippen molar-refractivity contribution in [1.82, 2.24) is 14.8 Å². The first-order chi connectivity index (χ1) is 11.8. The van der Waals surface area contributed by atoms with E-state index in [1.807, 2.05) is 20.0 Å². The number of thiophene rings is 1. The zero-order valence-electron chi connectivity index (χ0n) is 14.6. The van der Waals surface area contributed by atoms with Crippen molar-refractivity contribution in [3.05, 3.63) is 27.2 Å². The fourth-order valence-corrected chi connectivity index (χ4v) is 4.49. The number of hydrogen-bond acceptors (Lipinski definition) is 7. The lowest BCUT2D eigenvalue weighted by atomic mass is 10.3. The molecule has 3 rings (SSSR count). The molecule has 3 heterocycles. The first-order valence-electron chi connectivity index (χ1n) is 7.69. The second-order valence-electron chi connectivity index (χ2n) is 5.53. The maximum absolute atomic E-state index is 12.8. The number of anilines is 1. The second-order valence-corrected chi connectivity index (χ2v) is 7.54. The van der Waals surface area contributed by atoms with Gasteiger partial charge in [-0.2, -0.15) is 5.10 Å². The maximum Gasteiger partial charge on any atom is 0.350 e. The van der Waals surface area contributed by atoms with Crippen LogP contribution in [0.1, 0.15) is 37.7 Å². The van der Waals surface area contributed by atoms with Gasteiger partial charge in [0.25, 0.3) is 5.91 Å². The lowest BCUT2D eigenvalue weighted by Gasteiger charge is -2.12. The number of hydrogen-bond donors (Lipinski definition) is 0. The number of fused-ring (bicyclic) bond motifs is 1. The van der Waals surface area contributed by atoms with E-state index in [4.69, 9.17) is 4.74 Å². The van der Waals surface area contributed by atoms with E-state index in [2.05, 4.69) is 10.1 Å². The number of amides is 1. The van der Waals surface area contributed by atoms with Crippen molar-refractivity contribution in [3.63, 3.8) is 0 Å². The molecule has 0 radical (unpaired) electrons. The zero-order chi connectivity index (χ0) is 18.3. The van der Waals surface area contributed by atoms with Crippen LogP contribution in [0.3, 0.4) is 0 Å². The predicted octanol–water partition coefficient (Wildman–Crippen LogP) is 3.16. The average molecular weight is 378 g/mol. The molecule has 0 spiro atoms. The van der Waals surface area contributed by atoms with Gasteiger partial charge in [0.15, 0.2) is 5.13 Å². The molecule has 0 aliphatic heterocycles. The molecule has 0 bridgehead atoms. The van der Waals surface area contributed by atoms with E-state index in [1.165, 1.54) is 16.2 Å². The van der Waals surface area contributed by atoms with Crippen LogP contribution < -0.4 is 4.90 Å². The fraction of sp³-hybridized carbons (Fsp3) is 0.375. The Bertz CT molecular complexity index is 935. The van der Waals surface area contributed by atoms with Gasteiger partial charge >= 0.3 is 5.97 Å². The van der Waals surface area contributed by atoms with Crippen molar-refractivity contribution in [2.45, 2.75) is 20.8 Å². The Kier molecular flexibility index (Phi) is 4.61. The summed E-state index contributed by atoms with van der Waals surface area (Å²) < 4.78 is 6.80. The van der Waals surface area contributed by atoms with Crippen molar-refractivity contribution >= 4 is 49.9 Å². The minimum Gasteiger partial charge on any atom is -0.462 e. The molecule has 0 saturated carbocycles. The summed E-state index contributed by atoms with van der Waals surface area (Å²) in [5.41, 5.74) is 1.46. The molecule has 1 amide bonds. The third-order valence-electron chi connectivity index (χ3n) is 3.74. The molecule has 0 unspecified atom stereocenters. The van der Waals surface area contributed by atoms with Gasteiger partial charge in [-0.1, -0.05) is 11.3 Å². The van der Waals surface area contributed by atoms with Crippen LogP contribution in [0.2, 0.25) is 0 Å². The summed E-state index contributed by atoms with van der Waals surface area (Å²) in [7, 11) is 3.52. The maximum atomic E-state index is 12.8. The van der Waals surface area contributed by atoms with Gasteiger partial charge in [-0.05, 0) is 26.8 Å². The Hall–Kier alpha value is -2.26. The summed E-state index contributed by atoms with van der Waals surface area (Å²) in [5, 5.41) is 5.79. The van der Waals surface area contributed by atoms with E-state index in [1.54, 1.807) is 25.6 Å². The molecule has 0 aliphatic carbocycles. The highest BCUT2D eigenvalue weighted by Crippen LogP contribution is 2.31. The smallest absolute Gasteiger partial charge is 0.350 e. The Morgan fingerprint density at radius 3 is 2.64 bits per heavy atom. The van der Waals surface area contributed by atoms with Crippen LogP contribution in [0.5, 0.6) is 0 Å². The standard InChI is InChI=1S/C16H18N4O3S2/c1-6-23-15(22)12-9(3)17-16(25-12)19(4)13(21)11-7-10-8(2)18-20(5)14(10)24-11/h7H,6H2,1-5H3. The highest BCUT2D eigenvalue weighted by molar-refractivity contribution is 7.21. The molecule has 3 aromatic heterocycles. The zero-order valence-corrected chi connectivity index (χ0v) is 16.2. The van der Waals surface area contributed by atoms with E-state index >= 15 is 0 Å². The fourth-order valence-electron chi connectivity index (χ4n) is 2.47. The molecule has 3 aromatic rings. The molecule has 0 atom stereocenters. The Morgan fingerprint density at radius 2 is 2.00 bits per heavy atom. The Labute approximate surface area is 152 Å². The van der Waals surface area contributed by atoms with Gasteiger partial charge in [0.05, 0.1) is 22.9 Å². The van der Waals surface area contributed by atoms with Gasteiger partial charge in [0.2, 0.25) is 0 Å². The third kappa shape index (κ3) is 3.05. The molecule has 0 aromatic carbocycles. The van der Waals surface area contributed by atoms with Crippen molar-refractivity contribution in [1.29, 1.82) is 0 Å². The number of aryl methyl sites for hydroxylation is 3. The van der Waals surface area contributed by atoms with E-state index in [-0.39, 0.29) is 5.91 Å². The van der Waals surface area contributed by atoms with E-state index in [9.17, 15) is 9.59 Å². The normalized spacial score (nSPS) is 11.1. The number of carbonyl (C=O) groups is 2. The monoisotopic (exact) mass is 378 g/mol. The number of thiazole rings is 1. The van der Waals surface area contributed by atoms with Crippen LogP contribution in [0.25, 0.3) is 10.2 Å². The van der Waals surface area contributed by atoms with Gasteiger partial charge in [-0.3, -0.25) is 14.4 Å². The highest BCUT2D eigenvalue weighted by Gasteiger charge is 2.24. The molecule has 7 nitrogen and oxygen atoms in total. The van der Waals surface area contributed by atoms with Gasteiger partial charge in [-0.15, -0.1) is 11.3 Å². The van der Waals surface area contributed by atoms with Crippen LogP contribution in [0.15, 0.2) is 6.07 Å². The third-order valence-corrected chi connectivity index (χ3v) is 6.15. The van der Waals surface area contributed by atoms with E-state index in [0.717, 1.165) is 27.2 Å². The van der Waals surface area contributed by atoms with Crippen LogP contribution in [0.4, 0.5) is 5.13 Å². The summed E-state index contributed by atoms with van der Waals surface area (Å²) in [4.78, 5) is 32.5. The molecule has 132 valence electrons. The quantitative estimate of drug-likeness (QED) is 0.652. The average Bonchev–Trinajstić information content (AvgIpc) is 3.23. The van der Waals surface area contributed by atoms with Crippen LogP contribution >= 0.6 is 22.7 Å². The molecular weight excluding hydrogens is 360 g/mol. The minimum atomic E-state index is -0.409. The molecule has 25 heavy (non-hydrogen) atoms. The Morgan fingerprint density at radius 1 is 1.28 bits per heavy atom. The van der Waals surface area contributed by atoms with Crippen LogP contribution in [-0.4, -0.2) is 40.3 Å². The van der Waals surface area contributed by atoms with Crippen molar-refractivity contribution in [2.75, 3.05) is 18.6 Å². The first-order valence-corrected chi connectivity index (χ1v) is 9.32.